The van der Waals surface area contributed by atoms with E-state index in [0.29, 0.717) is 19.3 Å². The fourth-order valence-electron chi connectivity index (χ4n) is 9.25. The lowest BCUT2D eigenvalue weighted by Gasteiger charge is -2.40. The third-order valence-corrected chi connectivity index (χ3v) is 14.0. The van der Waals surface area contributed by atoms with Crippen molar-refractivity contribution in [3.05, 3.63) is 60.8 Å². The van der Waals surface area contributed by atoms with Gasteiger partial charge in [-0.2, -0.15) is 0 Å². The Labute approximate surface area is 468 Å². The number of aliphatic hydroxyl groups excluding tert-OH is 2. The Bertz CT molecular complexity index is 1570. The molecule has 12 heteroatoms. The number of aliphatic hydroxyl groups is 2. The van der Waals surface area contributed by atoms with E-state index in [-0.39, 0.29) is 25.9 Å². The molecule has 0 saturated carbocycles. The summed E-state index contributed by atoms with van der Waals surface area (Å²) in [5.74, 6) is -3.14. The second-order valence-electron chi connectivity index (χ2n) is 21.3. The van der Waals surface area contributed by atoms with Crippen molar-refractivity contribution in [2.75, 3.05) is 13.2 Å². The van der Waals surface area contributed by atoms with E-state index in [4.69, 9.17) is 23.7 Å². The molecule has 0 aromatic carbocycles. The molecular formula is C65H112O12. The van der Waals surface area contributed by atoms with Crippen LogP contribution in [0, 0.1) is 0 Å². The van der Waals surface area contributed by atoms with Gasteiger partial charge >= 0.3 is 23.9 Å². The number of unbranched alkanes of at least 4 members (excludes halogenated alkanes) is 29. The number of hydrogen-bond donors (Lipinski definition) is 3. The molecule has 1 saturated heterocycles. The number of rotatable bonds is 53. The highest BCUT2D eigenvalue weighted by atomic mass is 16.7. The number of ether oxygens (including phenoxy) is 5. The van der Waals surface area contributed by atoms with Crippen LogP contribution in [0.2, 0.25) is 0 Å². The van der Waals surface area contributed by atoms with Crippen molar-refractivity contribution >= 4 is 23.9 Å². The summed E-state index contributed by atoms with van der Waals surface area (Å²) in [5, 5.41) is 31.5. The minimum absolute atomic E-state index is 0.0531. The molecule has 6 unspecified atom stereocenters. The minimum Gasteiger partial charge on any atom is -0.479 e. The average Bonchev–Trinajstić information content (AvgIpc) is 3.42. The van der Waals surface area contributed by atoms with E-state index in [1.54, 1.807) is 0 Å². The summed E-state index contributed by atoms with van der Waals surface area (Å²) in [6.45, 7) is 5.87. The molecule has 1 aliphatic heterocycles. The number of allylic oxidation sites excluding steroid dienone is 10. The van der Waals surface area contributed by atoms with E-state index in [2.05, 4.69) is 81.5 Å². The molecule has 444 valence electrons. The van der Waals surface area contributed by atoms with Crippen LogP contribution in [0.25, 0.3) is 0 Å². The van der Waals surface area contributed by atoms with Crippen molar-refractivity contribution in [3.8, 4) is 0 Å². The van der Waals surface area contributed by atoms with Crippen LogP contribution < -0.4 is 0 Å². The van der Waals surface area contributed by atoms with Crippen molar-refractivity contribution in [2.45, 2.75) is 314 Å². The molecule has 77 heavy (non-hydrogen) atoms. The van der Waals surface area contributed by atoms with Gasteiger partial charge in [0, 0.05) is 19.3 Å². The summed E-state index contributed by atoms with van der Waals surface area (Å²) >= 11 is 0. The normalized spacial score (nSPS) is 18.4. The highest BCUT2D eigenvalue weighted by Gasteiger charge is 2.50. The van der Waals surface area contributed by atoms with Crippen LogP contribution in [-0.2, 0) is 42.9 Å². The molecule has 1 fully saturated rings. The third kappa shape index (κ3) is 43.0. The first-order valence-electron chi connectivity index (χ1n) is 31.3. The predicted octanol–water partition coefficient (Wildman–Crippen LogP) is 16.3. The number of hydrogen-bond acceptors (Lipinski definition) is 11. The molecular weight excluding hydrogens is 973 g/mol. The number of carbonyl (C=O) groups excluding carboxylic acids is 3. The Balaban J connectivity index is 2.69. The summed E-state index contributed by atoms with van der Waals surface area (Å²) in [6, 6.07) is 0. The Kier molecular flexibility index (Phi) is 49.2. The highest BCUT2D eigenvalue weighted by Crippen LogP contribution is 2.26. The number of carbonyl (C=O) groups is 4. The second-order valence-corrected chi connectivity index (χ2v) is 21.3. The molecule has 1 rings (SSSR count). The Morgan fingerprint density at radius 1 is 0.442 bits per heavy atom. The van der Waals surface area contributed by atoms with E-state index < -0.39 is 67.3 Å². The molecule has 3 N–H and O–H groups in total. The van der Waals surface area contributed by atoms with E-state index in [9.17, 15) is 34.5 Å². The molecule has 0 radical (unpaired) electrons. The summed E-state index contributed by atoms with van der Waals surface area (Å²) < 4.78 is 28.5. The zero-order valence-corrected chi connectivity index (χ0v) is 49.0. The average molecular weight is 1090 g/mol. The number of aliphatic carboxylic acids is 1. The molecule has 0 bridgehead atoms. The van der Waals surface area contributed by atoms with Crippen molar-refractivity contribution in [1.82, 2.24) is 0 Å². The van der Waals surface area contributed by atoms with E-state index in [1.807, 2.05) is 0 Å². The monoisotopic (exact) mass is 1080 g/mol. The van der Waals surface area contributed by atoms with Crippen LogP contribution >= 0.6 is 0 Å². The van der Waals surface area contributed by atoms with Gasteiger partial charge in [0.1, 0.15) is 18.8 Å². The summed E-state index contributed by atoms with van der Waals surface area (Å²) in [6.07, 6.45) is 53.2. The molecule has 0 amide bonds. The molecule has 0 spiro atoms. The van der Waals surface area contributed by atoms with Gasteiger partial charge in [-0.15, -0.1) is 0 Å². The quantitative estimate of drug-likeness (QED) is 0.0228. The van der Waals surface area contributed by atoms with Crippen LogP contribution in [-0.4, -0.2) is 89.2 Å². The van der Waals surface area contributed by atoms with Gasteiger partial charge in [-0.1, -0.05) is 216 Å². The van der Waals surface area contributed by atoms with Crippen molar-refractivity contribution in [1.29, 1.82) is 0 Å². The van der Waals surface area contributed by atoms with Crippen molar-refractivity contribution in [3.63, 3.8) is 0 Å². The van der Waals surface area contributed by atoms with Gasteiger partial charge in [0.15, 0.2) is 24.6 Å². The molecule has 6 atom stereocenters. The van der Waals surface area contributed by atoms with E-state index in [1.165, 1.54) is 96.3 Å². The van der Waals surface area contributed by atoms with Crippen molar-refractivity contribution < 1.29 is 58.2 Å². The number of esters is 3. The Hall–Kier alpha value is -3.58. The summed E-state index contributed by atoms with van der Waals surface area (Å²) in [4.78, 5) is 51.2. The van der Waals surface area contributed by atoms with Crippen LogP contribution in [0.1, 0.15) is 278 Å². The Morgan fingerprint density at radius 3 is 1.26 bits per heavy atom. The molecule has 0 aromatic heterocycles. The summed E-state index contributed by atoms with van der Waals surface area (Å²) in [5.41, 5.74) is 0. The lowest BCUT2D eigenvalue weighted by molar-refractivity contribution is -0.301. The van der Waals surface area contributed by atoms with Crippen LogP contribution in [0.5, 0.6) is 0 Å². The maximum Gasteiger partial charge on any atom is 0.335 e. The Morgan fingerprint density at radius 2 is 0.818 bits per heavy atom. The van der Waals surface area contributed by atoms with E-state index >= 15 is 0 Å². The molecule has 12 nitrogen and oxygen atoms in total. The van der Waals surface area contributed by atoms with Gasteiger partial charge in [-0.25, -0.2) is 4.79 Å². The van der Waals surface area contributed by atoms with Gasteiger partial charge in [-0.3, -0.25) is 14.4 Å². The van der Waals surface area contributed by atoms with Gasteiger partial charge in [0.05, 0.1) is 6.61 Å². The van der Waals surface area contributed by atoms with E-state index in [0.717, 1.165) is 122 Å². The summed E-state index contributed by atoms with van der Waals surface area (Å²) in [7, 11) is 0. The SMILES string of the molecule is CC/C=C\C/C=C\C/C=C\CCCCCCCC(=O)OCC(COC1OC(C(=O)O)C(O)C(O)C1OC(=O)CCCCCCCCC/C=C\CCCCCCCC)OC(=O)CCCCCCC/C=C\CCCCCCCC. The van der Waals surface area contributed by atoms with Crippen LogP contribution in [0.4, 0.5) is 0 Å². The molecule has 1 aliphatic rings. The minimum atomic E-state index is -1.91. The molecule has 0 aliphatic carbocycles. The fourth-order valence-corrected chi connectivity index (χ4v) is 9.25. The molecule has 1 heterocycles. The number of carboxylic acid groups (broad SMARTS) is 1. The highest BCUT2D eigenvalue weighted by molar-refractivity contribution is 5.74. The maximum atomic E-state index is 13.2. The second kappa shape index (κ2) is 53.1. The first-order valence-corrected chi connectivity index (χ1v) is 31.3. The smallest absolute Gasteiger partial charge is 0.335 e. The van der Waals surface area contributed by atoms with Gasteiger partial charge in [0.25, 0.3) is 0 Å². The van der Waals surface area contributed by atoms with Crippen LogP contribution in [0.3, 0.4) is 0 Å². The zero-order chi connectivity index (χ0) is 56.1. The number of carboxylic acids is 1. The molecule has 0 aromatic rings. The fraction of sp³-hybridized carbons (Fsp3) is 0.785. The topological polar surface area (TPSA) is 175 Å². The van der Waals surface area contributed by atoms with Crippen LogP contribution in [0.15, 0.2) is 60.8 Å². The van der Waals surface area contributed by atoms with Gasteiger partial charge < -0.3 is 39.0 Å². The first kappa shape index (κ1) is 71.4. The van der Waals surface area contributed by atoms with Gasteiger partial charge in [-0.05, 0) is 103 Å². The van der Waals surface area contributed by atoms with Gasteiger partial charge in [0.2, 0.25) is 0 Å². The third-order valence-electron chi connectivity index (χ3n) is 14.0. The lowest BCUT2D eigenvalue weighted by Crippen LogP contribution is -2.61. The zero-order valence-electron chi connectivity index (χ0n) is 49.0. The lowest BCUT2D eigenvalue weighted by atomic mass is 9.98. The van der Waals surface area contributed by atoms with Crippen molar-refractivity contribution in [2.24, 2.45) is 0 Å². The standard InChI is InChI=1S/C65H112O12/c1-4-7-10-13-16-19-22-25-28-29-32-35-38-41-44-47-50-53-59(68)76-63-61(70)60(69)62(64(71)72)77-65(63)74-55-56(75-58(67)52-49-46-43-40-37-34-31-27-24-21-18-15-12-9-6-3)54-73-57(66)51-48-45-42-39-36-33-30-26-23-20-17-14-11-8-5-2/h8,11,17,20,25-28,30-31,56,60-63,65,69-70H,4-7,9-10,12-16,18-19,21-24,29,32-55H2,1-3H3,(H,71,72)/b11-8-,20-17-,28-25-,30-26-,31-27-. The predicted molar refractivity (Wildman–Crippen MR) is 312 cm³/mol. The first-order chi connectivity index (χ1) is 37.6. The largest absolute Gasteiger partial charge is 0.479 e. The maximum absolute atomic E-state index is 13.2.